The van der Waals surface area contributed by atoms with Crippen molar-refractivity contribution in [1.82, 2.24) is 5.32 Å². The summed E-state index contributed by atoms with van der Waals surface area (Å²) in [5, 5.41) is 13.8. The molecule has 3 unspecified atom stereocenters. The van der Waals surface area contributed by atoms with Gasteiger partial charge in [0, 0.05) is 6.42 Å². The normalized spacial score (nSPS) is 14.6. The summed E-state index contributed by atoms with van der Waals surface area (Å²) in [5.41, 5.74) is 0. The van der Waals surface area contributed by atoms with Gasteiger partial charge in [-0.3, -0.25) is 9.36 Å². The first-order valence-corrected chi connectivity index (χ1v) is 26.0. The Balaban J connectivity index is 4.43. The molecule has 0 heterocycles. The number of hydrogen-bond acceptors (Lipinski definition) is 6. The maximum Gasteiger partial charge on any atom is 0.268 e. The minimum Gasteiger partial charge on any atom is -0.756 e. The number of nitrogens with one attached hydrogen (secondary N) is 1. The van der Waals surface area contributed by atoms with Gasteiger partial charge in [0.05, 0.1) is 39.9 Å². The van der Waals surface area contributed by atoms with Gasteiger partial charge in [0.2, 0.25) is 5.91 Å². The van der Waals surface area contributed by atoms with Crippen molar-refractivity contribution in [3.05, 3.63) is 48.6 Å². The molecule has 0 aliphatic heterocycles. The summed E-state index contributed by atoms with van der Waals surface area (Å²) in [7, 11) is 1.23. The molecule has 0 aromatic rings. The van der Waals surface area contributed by atoms with Crippen LogP contribution in [0.1, 0.15) is 213 Å². The minimum absolute atomic E-state index is 0.0114. The summed E-state index contributed by atoms with van der Waals surface area (Å²) in [6.07, 6.45) is 53.1. The molecular formula is C50H95N2O6P. The van der Waals surface area contributed by atoms with Gasteiger partial charge in [-0.2, -0.15) is 0 Å². The van der Waals surface area contributed by atoms with Gasteiger partial charge in [0.25, 0.3) is 7.82 Å². The molecule has 0 radical (unpaired) electrons. The van der Waals surface area contributed by atoms with Crippen LogP contribution in [0.2, 0.25) is 0 Å². The molecule has 3 atom stereocenters. The van der Waals surface area contributed by atoms with Crippen molar-refractivity contribution in [1.29, 1.82) is 0 Å². The number of carbonyl (C=O) groups excluding carboxylic acids is 1. The fraction of sp³-hybridized carbons (Fsp3) is 0.820. The van der Waals surface area contributed by atoms with Gasteiger partial charge >= 0.3 is 0 Å². The Morgan fingerprint density at radius 2 is 0.949 bits per heavy atom. The number of carbonyl (C=O) groups is 1. The van der Waals surface area contributed by atoms with E-state index in [1.807, 2.05) is 27.2 Å². The summed E-state index contributed by atoms with van der Waals surface area (Å²) in [4.78, 5) is 25.3. The van der Waals surface area contributed by atoms with Crippen LogP contribution in [0.3, 0.4) is 0 Å². The predicted molar refractivity (Wildman–Crippen MR) is 251 cm³/mol. The molecule has 0 aromatic heterocycles. The molecule has 0 spiro atoms. The maximum atomic E-state index is 12.9. The Labute approximate surface area is 365 Å². The topological polar surface area (TPSA) is 108 Å². The Kier molecular flexibility index (Phi) is 40.7. The summed E-state index contributed by atoms with van der Waals surface area (Å²) < 4.78 is 23.2. The summed E-state index contributed by atoms with van der Waals surface area (Å²) in [6, 6.07) is -0.914. The van der Waals surface area contributed by atoms with Crippen molar-refractivity contribution in [3.8, 4) is 0 Å². The van der Waals surface area contributed by atoms with Crippen molar-refractivity contribution >= 4 is 13.7 Å². The highest BCUT2D eigenvalue weighted by Gasteiger charge is 2.23. The number of rotatable bonds is 44. The molecule has 1 amide bonds. The molecule has 0 fully saturated rings. The second-order valence-electron chi connectivity index (χ2n) is 17.8. The Hall–Kier alpha value is -1.54. The zero-order valence-electron chi connectivity index (χ0n) is 39.2. The highest BCUT2D eigenvalue weighted by atomic mass is 31.2. The molecule has 346 valence electrons. The number of likely N-dealkylation sites (N-methyl/N-ethyl adjacent to an activating group) is 1. The minimum atomic E-state index is -4.60. The van der Waals surface area contributed by atoms with Crippen molar-refractivity contribution in [2.75, 3.05) is 40.9 Å². The molecule has 2 N–H and O–H groups in total. The standard InChI is InChI=1S/C50H95N2O6P/c1-6-8-10-12-14-16-18-20-22-23-24-25-26-27-28-30-31-33-35-37-39-41-43-49(53)48(47-58-59(55,56)57-46-45-52(3,4)5)51-50(54)44-42-40-38-36-34-32-29-21-19-17-15-13-11-9-7-2/h21,27-29,33,35,41,43,48-49,53H,6-20,22-26,30-32,34,36-40,42,44-47H2,1-5H3,(H-,51,54,55,56)/b28-27+,29-21-,35-33+,43-41+. The fourth-order valence-corrected chi connectivity index (χ4v) is 7.55. The highest BCUT2D eigenvalue weighted by molar-refractivity contribution is 7.45. The lowest BCUT2D eigenvalue weighted by Gasteiger charge is -2.29. The van der Waals surface area contributed by atoms with E-state index in [0.29, 0.717) is 17.4 Å². The smallest absolute Gasteiger partial charge is 0.268 e. The van der Waals surface area contributed by atoms with E-state index in [1.165, 1.54) is 128 Å². The van der Waals surface area contributed by atoms with Gasteiger partial charge < -0.3 is 28.8 Å². The second-order valence-corrected chi connectivity index (χ2v) is 19.2. The van der Waals surface area contributed by atoms with Crippen LogP contribution in [0.4, 0.5) is 0 Å². The number of amides is 1. The van der Waals surface area contributed by atoms with Gasteiger partial charge in [-0.25, -0.2) is 0 Å². The number of phosphoric ester groups is 1. The van der Waals surface area contributed by atoms with Crippen LogP contribution in [0.25, 0.3) is 0 Å². The van der Waals surface area contributed by atoms with Crippen LogP contribution >= 0.6 is 7.82 Å². The number of quaternary nitrogens is 1. The Morgan fingerprint density at radius 1 is 0.576 bits per heavy atom. The largest absolute Gasteiger partial charge is 0.756 e. The van der Waals surface area contributed by atoms with Crippen molar-refractivity contribution in [2.45, 2.75) is 225 Å². The van der Waals surface area contributed by atoms with E-state index in [-0.39, 0.29) is 12.5 Å². The van der Waals surface area contributed by atoms with Gasteiger partial charge in [0.15, 0.2) is 0 Å². The number of unbranched alkanes of at least 4 members (excludes halogenated alkanes) is 25. The number of allylic oxidation sites excluding steroid dienone is 7. The molecule has 9 heteroatoms. The Morgan fingerprint density at radius 3 is 1.37 bits per heavy atom. The number of hydrogen-bond donors (Lipinski definition) is 2. The van der Waals surface area contributed by atoms with Crippen LogP contribution in [-0.4, -0.2) is 68.5 Å². The third-order valence-corrected chi connectivity index (χ3v) is 11.7. The SMILES string of the molecule is CCCCCCCC/C=C\CCCCCCCC(=O)NC(COP(=O)([O-])OCC[N+](C)(C)C)C(O)/C=C/CC/C=C/CC/C=C/CCCCCCCCCCCCCC. The van der Waals surface area contributed by atoms with E-state index in [9.17, 15) is 19.4 Å². The number of phosphoric acid groups is 1. The van der Waals surface area contributed by atoms with Gasteiger partial charge in [-0.1, -0.05) is 184 Å². The molecular weight excluding hydrogens is 756 g/mol. The van der Waals surface area contributed by atoms with E-state index in [4.69, 9.17) is 9.05 Å². The number of nitrogens with zero attached hydrogens (tertiary/aromatic N) is 1. The van der Waals surface area contributed by atoms with Crippen molar-refractivity contribution < 1.29 is 32.9 Å². The average Bonchev–Trinajstić information content (AvgIpc) is 3.19. The van der Waals surface area contributed by atoms with Crippen LogP contribution in [0, 0.1) is 0 Å². The predicted octanol–water partition coefficient (Wildman–Crippen LogP) is 13.4. The van der Waals surface area contributed by atoms with Crippen LogP contribution in [0.5, 0.6) is 0 Å². The van der Waals surface area contributed by atoms with Crippen LogP contribution in [0.15, 0.2) is 48.6 Å². The lowest BCUT2D eigenvalue weighted by molar-refractivity contribution is -0.870. The summed E-state index contributed by atoms with van der Waals surface area (Å²) >= 11 is 0. The molecule has 0 aliphatic rings. The van der Waals surface area contributed by atoms with Gasteiger partial charge in [-0.05, 0) is 70.6 Å². The second kappa shape index (κ2) is 41.8. The Bertz CT molecular complexity index is 1100. The number of aliphatic hydroxyl groups excluding tert-OH is 1. The van der Waals surface area contributed by atoms with Crippen LogP contribution < -0.4 is 10.2 Å². The third-order valence-electron chi connectivity index (χ3n) is 10.7. The third kappa shape index (κ3) is 44.3. The van der Waals surface area contributed by atoms with Crippen molar-refractivity contribution in [2.24, 2.45) is 0 Å². The van der Waals surface area contributed by atoms with E-state index in [0.717, 1.165) is 64.2 Å². The zero-order chi connectivity index (χ0) is 43.6. The highest BCUT2D eigenvalue weighted by Crippen LogP contribution is 2.38. The molecule has 8 nitrogen and oxygen atoms in total. The fourth-order valence-electron chi connectivity index (χ4n) is 6.83. The van der Waals surface area contributed by atoms with Crippen molar-refractivity contribution in [3.63, 3.8) is 0 Å². The quantitative estimate of drug-likeness (QED) is 0.0274. The molecule has 0 rings (SSSR count). The zero-order valence-corrected chi connectivity index (χ0v) is 40.1. The van der Waals surface area contributed by atoms with E-state index >= 15 is 0 Å². The molecule has 0 aliphatic carbocycles. The first kappa shape index (κ1) is 57.5. The van der Waals surface area contributed by atoms with E-state index in [1.54, 1.807) is 6.08 Å². The number of aliphatic hydroxyl groups is 1. The molecule has 0 saturated carbocycles. The molecule has 0 aromatic carbocycles. The lowest BCUT2D eigenvalue weighted by atomic mass is 10.0. The lowest BCUT2D eigenvalue weighted by Crippen LogP contribution is -2.45. The molecule has 0 saturated heterocycles. The summed E-state index contributed by atoms with van der Waals surface area (Å²) in [5.74, 6) is -0.221. The first-order valence-electron chi connectivity index (χ1n) is 24.5. The average molecular weight is 851 g/mol. The molecule has 0 bridgehead atoms. The van der Waals surface area contributed by atoms with E-state index in [2.05, 4.69) is 55.6 Å². The monoisotopic (exact) mass is 851 g/mol. The van der Waals surface area contributed by atoms with Crippen LogP contribution in [-0.2, 0) is 18.4 Å². The first-order chi connectivity index (χ1) is 28.5. The van der Waals surface area contributed by atoms with Gasteiger partial charge in [0.1, 0.15) is 13.2 Å². The van der Waals surface area contributed by atoms with Gasteiger partial charge in [-0.15, -0.1) is 0 Å². The van der Waals surface area contributed by atoms with E-state index < -0.39 is 26.6 Å². The molecule has 59 heavy (non-hydrogen) atoms. The maximum absolute atomic E-state index is 12.9. The summed E-state index contributed by atoms with van der Waals surface area (Å²) in [6.45, 7) is 4.61.